The Balaban J connectivity index is 1.80. The second-order valence-corrected chi connectivity index (χ2v) is 6.73. The number of rotatable bonds is 7. The average Bonchev–Trinajstić information content (AvgIpc) is 2.69. The van der Waals surface area contributed by atoms with Crippen LogP contribution in [0, 0.1) is 6.92 Å². The first kappa shape index (κ1) is 20.1. The van der Waals surface area contributed by atoms with Gasteiger partial charge in [-0.2, -0.15) is 0 Å². The molecule has 1 amide bonds. The molecule has 29 heavy (non-hydrogen) atoms. The van der Waals surface area contributed by atoms with E-state index in [0.717, 1.165) is 11.3 Å². The fourth-order valence-electron chi connectivity index (χ4n) is 2.72. The zero-order chi connectivity index (χ0) is 20.8. The quantitative estimate of drug-likeness (QED) is 0.612. The molecule has 0 bridgehead atoms. The highest BCUT2D eigenvalue weighted by Gasteiger charge is 2.13. The number of hydrogen-bond donors (Lipinski definition) is 2. The van der Waals surface area contributed by atoms with Gasteiger partial charge in [0.2, 0.25) is 0 Å². The van der Waals surface area contributed by atoms with Crippen LogP contribution in [0.5, 0.6) is 11.5 Å². The molecule has 2 N–H and O–H groups in total. The average molecular weight is 392 g/mol. The van der Waals surface area contributed by atoms with Crippen molar-refractivity contribution < 1.29 is 14.3 Å². The summed E-state index contributed by atoms with van der Waals surface area (Å²) in [6.07, 6.45) is 1.38. The molecule has 0 saturated heterocycles. The molecule has 2 aromatic carbocycles. The van der Waals surface area contributed by atoms with E-state index in [1.807, 2.05) is 63.2 Å². The monoisotopic (exact) mass is 392 g/mol. The largest absolute Gasteiger partial charge is 0.495 e. The minimum absolute atomic E-state index is 0.0361. The van der Waals surface area contributed by atoms with Gasteiger partial charge in [-0.15, -0.1) is 0 Å². The number of hydrogen-bond acceptors (Lipinski definition) is 6. The Kier molecular flexibility index (Phi) is 6.29. The molecular weight excluding hydrogens is 368 g/mol. The number of nitrogens with zero attached hydrogens (tertiary/aromatic N) is 2. The van der Waals surface area contributed by atoms with E-state index in [1.165, 1.54) is 6.33 Å². The van der Waals surface area contributed by atoms with Crippen LogP contribution in [0.25, 0.3) is 0 Å². The summed E-state index contributed by atoms with van der Waals surface area (Å²) in [7, 11) is 1.56. The van der Waals surface area contributed by atoms with Crippen molar-refractivity contribution in [1.29, 1.82) is 0 Å². The molecule has 1 aromatic heterocycles. The van der Waals surface area contributed by atoms with Gasteiger partial charge in [0.1, 0.15) is 29.3 Å². The van der Waals surface area contributed by atoms with E-state index in [2.05, 4.69) is 20.6 Å². The van der Waals surface area contributed by atoms with Gasteiger partial charge in [0.25, 0.3) is 5.91 Å². The topological polar surface area (TPSA) is 85.4 Å². The number of carbonyl (C=O) groups excluding carboxylic acids is 1. The molecule has 7 nitrogen and oxygen atoms in total. The summed E-state index contributed by atoms with van der Waals surface area (Å²) in [6.45, 7) is 5.87. The summed E-state index contributed by atoms with van der Waals surface area (Å²) in [5.74, 6) is 1.42. The lowest BCUT2D eigenvalue weighted by molar-refractivity contribution is 0.102. The first-order valence-corrected chi connectivity index (χ1v) is 9.27. The molecule has 7 heteroatoms. The Bertz CT molecular complexity index is 1000. The van der Waals surface area contributed by atoms with E-state index in [0.29, 0.717) is 23.0 Å². The van der Waals surface area contributed by atoms with Gasteiger partial charge in [0.05, 0.1) is 24.6 Å². The highest BCUT2D eigenvalue weighted by atomic mass is 16.5. The van der Waals surface area contributed by atoms with Crippen molar-refractivity contribution in [3.63, 3.8) is 0 Å². The maximum absolute atomic E-state index is 12.7. The van der Waals surface area contributed by atoms with E-state index in [1.54, 1.807) is 13.2 Å². The molecule has 1 heterocycles. The number of carbonyl (C=O) groups is 1. The SMILES string of the molecule is COc1ccc(C)cc1NC(=O)c1cc(Nc2ccccc2OC(C)C)ncn1. The Morgan fingerprint density at radius 3 is 2.55 bits per heavy atom. The van der Waals surface area contributed by atoms with Gasteiger partial charge in [-0.05, 0) is 50.6 Å². The molecule has 0 radical (unpaired) electrons. The standard InChI is InChI=1S/C22H24N4O3/c1-14(2)29-20-8-6-5-7-16(20)25-21-12-18(23-13-24-21)22(27)26-17-11-15(3)9-10-19(17)28-4/h5-14H,1-4H3,(H,26,27)(H,23,24,25). The Hall–Kier alpha value is -3.61. The second-order valence-electron chi connectivity index (χ2n) is 6.73. The maximum atomic E-state index is 12.7. The van der Waals surface area contributed by atoms with Crippen molar-refractivity contribution in [2.24, 2.45) is 0 Å². The summed E-state index contributed by atoms with van der Waals surface area (Å²) in [6, 6.07) is 14.7. The number of benzene rings is 2. The van der Waals surface area contributed by atoms with Crippen molar-refractivity contribution in [3.8, 4) is 11.5 Å². The minimum atomic E-state index is -0.355. The number of aryl methyl sites for hydroxylation is 1. The van der Waals surface area contributed by atoms with Gasteiger partial charge in [-0.1, -0.05) is 18.2 Å². The van der Waals surface area contributed by atoms with E-state index in [9.17, 15) is 4.79 Å². The normalized spacial score (nSPS) is 10.5. The lowest BCUT2D eigenvalue weighted by Crippen LogP contribution is -2.15. The zero-order valence-electron chi connectivity index (χ0n) is 16.9. The van der Waals surface area contributed by atoms with Crippen molar-refractivity contribution in [2.75, 3.05) is 17.7 Å². The van der Waals surface area contributed by atoms with Crippen LogP contribution in [0.2, 0.25) is 0 Å². The minimum Gasteiger partial charge on any atom is -0.495 e. The first-order valence-electron chi connectivity index (χ1n) is 9.27. The lowest BCUT2D eigenvalue weighted by atomic mass is 10.2. The van der Waals surface area contributed by atoms with Crippen LogP contribution in [-0.4, -0.2) is 29.1 Å². The molecule has 3 aromatic rings. The van der Waals surface area contributed by atoms with Crippen LogP contribution in [0.3, 0.4) is 0 Å². The van der Waals surface area contributed by atoms with Gasteiger partial charge < -0.3 is 20.1 Å². The highest BCUT2D eigenvalue weighted by molar-refractivity contribution is 6.04. The molecule has 0 fully saturated rings. The molecule has 0 spiro atoms. The third-order valence-electron chi connectivity index (χ3n) is 4.02. The highest BCUT2D eigenvalue weighted by Crippen LogP contribution is 2.28. The third-order valence-corrected chi connectivity index (χ3v) is 4.02. The Labute approximate surface area is 170 Å². The molecule has 150 valence electrons. The number of aromatic nitrogens is 2. The van der Waals surface area contributed by atoms with Gasteiger partial charge >= 0.3 is 0 Å². The van der Waals surface area contributed by atoms with E-state index >= 15 is 0 Å². The third kappa shape index (κ3) is 5.22. The molecule has 0 unspecified atom stereocenters. The van der Waals surface area contributed by atoms with E-state index in [-0.39, 0.29) is 17.7 Å². The smallest absolute Gasteiger partial charge is 0.274 e. The molecule has 0 aliphatic carbocycles. The van der Waals surface area contributed by atoms with Gasteiger partial charge in [0, 0.05) is 6.07 Å². The summed E-state index contributed by atoms with van der Waals surface area (Å²) in [5.41, 5.74) is 2.58. The van der Waals surface area contributed by atoms with Crippen LogP contribution < -0.4 is 20.1 Å². The fraction of sp³-hybridized carbons (Fsp3) is 0.227. The number of amides is 1. The molecule has 0 aliphatic heterocycles. The zero-order valence-corrected chi connectivity index (χ0v) is 16.9. The van der Waals surface area contributed by atoms with Crippen LogP contribution in [0.4, 0.5) is 17.2 Å². The summed E-state index contributed by atoms with van der Waals surface area (Å²) in [5, 5.41) is 6.03. The lowest BCUT2D eigenvalue weighted by Gasteiger charge is -2.15. The van der Waals surface area contributed by atoms with Gasteiger partial charge in [0.15, 0.2) is 0 Å². The predicted molar refractivity (Wildman–Crippen MR) is 113 cm³/mol. The summed E-state index contributed by atoms with van der Waals surface area (Å²) in [4.78, 5) is 21.0. The van der Waals surface area contributed by atoms with Crippen LogP contribution >= 0.6 is 0 Å². The molecule has 0 aliphatic rings. The van der Waals surface area contributed by atoms with E-state index in [4.69, 9.17) is 9.47 Å². The van der Waals surface area contributed by atoms with Crippen molar-refractivity contribution >= 4 is 23.1 Å². The second kappa shape index (κ2) is 9.05. The van der Waals surface area contributed by atoms with Crippen molar-refractivity contribution in [3.05, 3.63) is 66.1 Å². The Morgan fingerprint density at radius 1 is 1.00 bits per heavy atom. The maximum Gasteiger partial charge on any atom is 0.274 e. The Morgan fingerprint density at radius 2 is 1.79 bits per heavy atom. The van der Waals surface area contributed by atoms with Crippen molar-refractivity contribution in [2.45, 2.75) is 26.9 Å². The predicted octanol–water partition coefficient (Wildman–Crippen LogP) is 4.58. The number of nitrogens with one attached hydrogen (secondary N) is 2. The van der Waals surface area contributed by atoms with Crippen LogP contribution in [-0.2, 0) is 0 Å². The molecule has 3 rings (SSSR count). The van der Waals surface area contributed by atoms with E-state index < -0.39 is 0 Å². The van der Waals surface area contributed by atoms with Crippen LogP contribution in [0.1, 0.15) is 29.9 Å². The number of ether oxygens (including phenoxy) is 2. The molecular formula is C22H24N4O3. The summed E-state index contributed by atoms with van der Waals surface area (Å²) < 4.78 is 11.1. The molecule has 0 saturated carbocycles. The van der Waals surface area contributed by atoms with Crippen molar-refractivity contribution in [1.82, 2.24) is 9.97 Å². The first-order chi connectivity index (χ1) is 14.0. The molecule has 0 atom stereocenters. The fourth-order valence-corrected chi connectivity index (χ4v) is 2.72. The number of methoxy groups -OCH3 is 1. The van der Waals surface area contributed by atoms with Gasteiger partial charge in [-0.25, -0.2) is 9.97 Å². The van der Waals surface area contributed by atoms with Crippen LogP contribution in [0.15, 0.2) is 54.9 Å². The summed E-state index contributed by atoms with van der Waals surface area (Å²) >= 11 is 0. The number of para-hydroxylation sites is 2. The number of anilines is 3. The van der Waals surface area contributed by atoms with Gasteiger partial charge in [-0.3, -0.25) is 4.79 Å².